The highest BCUT2D eigenvalue weighted by molar-refractivity contribution is 6.10. The van der Waals surface area contributed by atoms with Crippen LogP contribution in [0, 0.1) is 6.92 Å². The number of aryl methyl sites for hydroxylation is 2. The molecule has 1 amide bonds. The highest BCUT2D eigenvalue weighted by Gasteiger charge is 2.24. The predicted molar refractivity (Wildman–Crippen MR) is 87.8 cm³/mol. The number of ether oxygens (including phenoxy) is 2. The summed E-state index contributed by atoms with van der Waals surface area (Å²) in [4.78, 5) is 24.5. The number of esters is 1. The summed E-state index contributed by atoms with van der Waals surface area (Å²) in [5.74, 6) is -0.166. The molecule has 2 aromatic rings. The van der Waals surface area contributed by atoms with Gasteiger partial charge in [0.05, 0.1) is 24.1 Å². The Morgan fingerprint density at radius 1 is 1.33 bits per heavy atom. The summed E-state index contributed by atoms with van der Waals surface area (Å²) >= 11 is 0. The molecular weight excluding hydrogens is 310 g/mol. The monoisotopic (exact) mass is 327 g/mol. The van der Waals surface area contributed by atoms with E-state index in [9.17, 15) is 9.59 Å². The van der Waals surface area contributed by atoms with E-state index in [4.69, 9.17) is 9.47 Å². The van der Waals surface area contributed by atoms with Crippen molar-refractivity contribution in [3.05, 3.63) is 46.8 Å². The molecule has 1 aliphatic rings. The molecule has 124 valence electrons. The van der Waals surface area contributed by atoms with E-state index in [1.165, 1.54) is 11.8 Å². The highest BCUT2D eigenvalue weighted by Crippen LogP contribution is 2.27. The van der Waals surface area contributed by atoms with E-state index in [0.29, 0.717) is 17.0 Å². The molecule has 0 aliphatic carbocycles. The molecule has 0 bridgehead atoms. The van der Waals surface area contributed by atoms with Crippen LogP contribution in [0.4, 0.5) is 5.69 Å². The molecule has 1 N–H and O–H groups in total. The fourth-order valence-corrected chi connectivity index (χ4v) is 2.58. The Morgan fingerprint density at radius 3 is 2.83 bits per heavy atom. The molecule has 0 atom stereocenters. The summed E-state index contributed by atoms with van der Waals surface area (Å²) in [5.41, 5.74) is 2.37. The fraction of sp³-hybridized carbons (Fsp3) is 0.235. The summed E-state index contributed by atoms with van der Waals surface area (Å²) in [7, 11) is 2.90. The zero-order valence-corrected chi connectivity index (χ0v) is 13.6. The normalized spacial score (nSPS) is 12.7. The van der Waals surface area contributed by atoms with Crippen molar-refractivity contribution in [2.24, 2.45) is 7.05 Å². The number of carbonyl (C=O) groups excluding carboxylic acids is 2. The zero-order valence-electron chi connectivity index (χ0n) is 13.6. The second-order valence-corrected chi connectivity index (χ2v) is 5.37. The van der Waals surface area contributed by atoms with Gasteiger partial charge in [-0.2, -0.15) is 5.10 Å². The van der Waals surface area contributed by atoms with E-state index in [0.717, 1.165) is 11.3 Å². The Kier molecular flexibility index (Phi) is 4.07. The minimum Gasteiger partial charge on any atom is -0.488 e. The van der Waals surface area contributed by atoms with Crippen LogP contribution in [0.15, 0.2) is 29.8 Å². The van der Waals surface area contributed by atoms with E-state index >= 15 is 0 Å². The van der Waals surface area contributed by atoms with Gasteiger partial charge in [-0.3, -0.25) is 9.48 Å². The summed E-state index contributed by atoms with van der Waals surface area (Å²) in [6.45, 7) is 1.87. The largest absolute Gasteiger partial charge is 0.488 e. The number of aromatic nitrogens is 2. The number of amides is 1. The van der Waals surface area contributed by atoms with Gasteiger partial charge in [0.25, 0.3) is 5.91 Å². The van der Waals surface area contributed by atoms with Gasteiger partial charge in [-0.1, -0.05) is 18.2 Å². The van der Waals surface area contributed by atoms with Crippen LogP contribution in [0.1, 0.15) is 21.7 Å². The third-order valence-electron chi connectivity index (χ3n) is 3.76. The van der Waals surface area contributed by atoms with Crippen LogP contribution in [-0.4, -0.2) is 35.4 Å². The third kappa shape index (κ3) is 2.76. The number of carbonyl (C=O) groups is 2. The molecule has 1 aromatic heterocycles. The van der Waals surface area contributed by atoms with Crippen LogP contribution in [0.25, 0.3) is 6.08 Å². The molecule has 0 fully saturated rings. The summed E-state index contributed by atoms with van der Waals surface area (Å²) in [6, 6.07) is 7.47. The molecule has 7 nitrogen and oxygen atoms in total. The lowest BCUT2D eigenvalue weighted by Crippen LogP contribution is -2.23. The van der Waals surface area contributed by atoms with Crippen molar-refractivity contribution < 1.29 is 19.1 Å². The highest BCUT2D eigenvalue weighted by atomic mass is 16.5. The number of methoxy groups -OCH3 is 1. The maximum absolute atomic E-state index is 12.6. The van der Waals surface area contributed by atoms with Crippen molar-refractivity contribution in [1.29, 1.82) is 0 Å². The van der Waals surface area contributed by atoms with Gasteiger partial charge in [-0.05, 0) is 19.1 Å². The number of benzene rings is 1. The lowest BCUT2D eigenvalue weighted by Gasteiger charge is -2.17. The van der Waals surface area contributed by atoms with Gasteiger partial charge in [0, 0.05) is 12.6 Å². The molecule has 2 heterocycles. The summed E-state index contributed by atoms with van der Waals surface area (Å²) < 4.78 is 11.7. The summed E-state index contributed by atoms with van der Waals surface area (Å²) in [6.07, 6.45) is 1.78. The molecule has 0 saturated heterocycles. The van der Waals surface area contributed by atoms with Gasteiger partial charge in [0.2, 0.25) is 0 Å². The smallest absolute Gasteiger partial charge is 0.358 e. The van der Waals surface area contributed by atoms with Gasteiger partial charge in [-0.25, -0.2) is 4.79 Å². The average molecular weight is 327 g/mol. The van der Waals surface area contributed by atoms with Gasteiger partial charge in [0.15, 0.2) is 5.69 Å². The first-order valence-corrected chi connectivity index (χ1v) is 7.37. The molecule has 1 aromatic carbocycles. The predicted octanol–water partition coefficient (Wildman–Crippen LogP) is 1.93. The quantitative estimate of drug-likeness (QED) is 0.871. The Hall–Kier alpha value is -3.09. The Balaban J connectivity index is 1.89. The first-order valence-electron chi connectivity index (χ1n) is 7.37. The maximum atomic E-state index is 12.6. The van der Waals surface area contributed by atoms with Crippen molar-refractivity contribution >= 4 is 23.6 Å². The molecule has 3 rings (SSSR count). The molecule has 24 heavy (non-hydrogen) atoms. The van der Waals surface area contributed by atoms with Gasteiger partial charge >= 0.3 is 5.97 Å². The Morgan fingerprint density at radius 2 is 2.08 bits per heavy atom. The topological polar surface area (TPSA) is 82.4 Å². The van der Waals surface area contributed by atoms with E-state index in [1.807, 2.05) is 24.3 Å². The van der Waals surface area contributed by atoms with Crippen molar-refractivity contribution in [3.8, 4) is 5.75 Å². The molecule has 0 spiro atoms. The van der Waals surface area contributed by atoms with E-state index in [-0.39, 0.29) is 18.2 Å². The van der Waals surface area contributed by atoms with Crippen LogP contribution in [0.5, 0.6) is 5.75 Å². The molecule has 0 radical (unpaired) electrons. The molecule has 0 saturated carbocycles. The van der Waals surface area contributed by atoms with Crippen LogP contribution in [0.3, 0.4) is 0 Å². The van der Waals surface area contributed by atoms with Crippen molar-refractivity contribution in [2.45, 2.75) is 6.92 Å². The molecule has 0 unspecified atom stereocenters. The number of fused-ring (bicyclic) bond motifs is 1. The van der Waals surface area contributed by atoms with Crippen molar-refractivity contribution in [1.82, 2.24) is 9.78 Å². The second kappa shape index (κ2) is 6.19. The average Bonchev–Trinajstić information content (AvgIpc) is 2.87. The van der Waals surface area contributed by atoms with Crippen molar-refractivity contribution in [2.75, 3.05) is 19.0 Å². The zero-order chi connectivity index (χ0) is 17.3. The number of anilines is 1. The van der Waals surface area contributed by atoms with Crippen LogP contribution in [0.2, 0.25) is 0 Å². The molecule has 7 heteroatoms. The number of nitrogens with zero attached hydrogens (tertiary/aromatic N) is 2. The van der Waals surface area contributed by atoms with Crippen molar-refractivity contribution in [3.63, 3.8) is 0 Å². The van der Waals surface area contributed by atoms with Gasteiger partial charge in [-0.15, -0.1) is 0 Å². The minimum absolute atomic E-state index is 0.162. The number of hydrogen-bond donors (Lipinski definition) is 1. The molecular formula is C17H17N3O4. The number of rotatable bonds is 3. The van der Waals surface area contributed by atoms with Gasteiger partial charge < -0.3 is 14.8 Å². The maximum Gasteiger partial charge on any atom is 0.358 e. The Labute approximate surface area is 138 Å². The second-order valence-electron chi connectivity index (χ2n) is 5.37. The number of para-hydroxylation sites is 1. The van der Waals surface area contributed by atoms with Gasteiger partial charge in [0.1, 0.15) is 12.4 Å². The third-order valence-corrected chi connectivity index (χ3v) is 3.76. The lowest BCUT2D eigenvalue weighted by molar-refractivity contribution is -0.113. The first kappa shape index (κ1) is 15.8. The Bertz CT molecular complexity index is 852. The fourth-order valence-electron chi connectivity index (χ4n) is 2.58. The van der Waals surface area contributed by atoms with Crippen LogP contribution >= 0.6 is 0 Å². The lowest BCUT2D eigenvalue weighted by atomic mass is 10.1. The van der Waals surface area contributed by atoms with E-state index in [1.54, 1.807) is 20.0 Å². The number of hydrogen-bond acceptors (Lipinski definition) is 5. The van der Waals surface area contributed by atoms with E-state index < -0.39 is 5.97 Å². The molecule has 1 aliphatic heterocycles. The first-order chi connectivity index (χ1) is 11.5. The van der Waals surface area contributed by atoms with E-state index in [2.05, 4.69) is 10.4 Å². The SMILES string of the molecule is COC(=O)c1c(NC(=O)C2=Cc3ccccc3OC2)c(C)nn1C. The standard InChI is InChI=1S/C17H17N3O4/c1-10-14(15(17(22)23-3)20(2)19-10)18-16(21)12-8-11-6-4-5-7-13(11)24-9-12/h4-8H,9H2,1-3H3,(H,18,21). The number of nitrogens with one attached hydrogen (secondary N) is 1. The van der Waals surface area contributed by atoms with Crippen LogP contribution in [-0.2, 0) is 16.6 Å². The summed E-state index contributed by atoms with van der Waals surface area (Å²) in [5, 5.41) is 6.91. The minimum atomic E-state index is -0.562. The van der Waals surface area contributed by atoms with Crippen LogP contribution < -0.4 is 10.1 Å².